The molecule has 1 aromatic heterocycles. The number of benzene rings is 2. The smallest absolute Gasteiger partial charge is 0.232 e. The van der Waals surface area contributed by atoms with Crippen molar-refractivity contribution in [3.8, 4) is 0 Å². The van der Waals surface area contributed by atoms with E-state index < -0.39 is 0 Å². The molecule has 0 radical (unpaired) electrons. The van der Waals surface area contributed by atoms with Gasteiger partial charge in [-0.25, -0.2) is 9.97 Å². The largest absolute Gasteiger partial charge is 0.336 e. The number of nitrogens with one attached hydrogen (secondary N) is 2. The fraction of sp³-hybridized carbons (Fsp3) is 0.238. The van der Waals surface area contributed by atoms with Crippen LogP contribution in [0.3, 0.4) is 0 Å². The Bertz CT molecular complexity index is 1020. The molecule has 2 aromatic carbocycles. The van der Waals surface area contributed by atoms with E-state index in [0.717, 1.165) is 30.9 Å². The van der Waals surface area contributed by atoms with Crippen molar-refractivity contribution >= 4 is 29.2 Å². The first kappa shape index (κ1) is 17.9. The number of rotatable bonds is 4. The number of carbonyl (C=O) groups excluding carboxylic acids is 1. The zero-order chi connectivity index (χ0) is 19.5. The van der Waals surface area contributed by atoms with Crippen molar-refractivity contribution in [2.45, 2.75) is 26.8 Å². The summed E-state index contributed by atoms with van der Waals surface area (Å²) in [5.74, 6) is 1.02. The van der Waals surface area contributed by atoms with E-state index in [2.05, 4.69) is 55.6 Å². The first-order chi connectivity index (χ1) is 13.6. The van der Waals surface area contributed by atoms with Crippen LogP contribution in [0.15, 0.2) is 48.8 Å². The third-order valence-electron chi connectivity index (χ3n) is 4.66. The molecule has 0 saturated heterocycles. The minimum absolute atomic E-state index is 0.111. The van der Waals surface area contributed by atoms with Gasteiger partial charge in [0.05, 0.1) is 0 Å². The van der Waals surface area contributed by atoms with Crippen LogP contribution in [0.25, 0.3) is 0 Å². The standard InChI is InChI=1S/C21H22N6O/c1-14-6-7-17-12-27(9-8-16(17)10-14)21-23-13-22-20(26-21)25-19-5-3-4-18(11-19)24-15(2)28/h3-7,10-11,13H,8-9,12H2,1-2H3,(H,24,28)(H,22,23,25,26). The van der Waals surface area contributed by atoms with Gasteiger partial charge in [0.25, 0.3) is 0 Å². The van der Waals surface area contributed by atoms with Gasteiger partial charge in [-0.3, -0.25) is 4.79 Å². The summed E-state index contributed by atoms with van der Waals surface area (Å²) in [7, 11) is 0. The lowest BCUT2D eigenvalue weighted by Gasteiger charge is -2.29. The van der Waals surface area contributed by atoms with Gasteiger partial charge in [-0.05, 0) is 42.7 Å². The molecule has 28 heavy (non-hydrogen) atoms. The summed E-state index contributed by atoms with van der Waals surface area (Å²) in [6.45, 7) is 5.27. The van der Waals surface area contributed by atoms with Gasteiger partial charge in [-0.1, -0.05) is 29.8 Å². The summed E-state index contributed by atoms with van der Waals surface area (Å²) in [5, 5.41) is 5.95. The molecule has 0 saturated carbocycles. The first-order valence-corrected chi connectivity index (χ1v) is 9.24. The Balaban J connectivity index is 1.51. The Morgan fingerprint density at radius 1 is 1.07 bits per heavy atom. The normalized spacial score (nSPS) is 13.0. The lowest BCUT2D eigenvalue weighted by molar-refractivity contribution is -0.114. The van der Waals surface area contributed by atoms with Crippen molar-refractivity contribution in [3.63, 3.8) is 0 Å². The van der Waals surface area contributed by atoms with Crippen molar-refractivity contribution in [2.75, 3.05) is 22.1 Å². The van der Waals surface area contributed by atoms with Crippen molar-refractivity contribution < 1.29 is 4.79 Å². The quantitative estimate of drug-likeness (QED) is 0.728. The average Bonchev–Trinajstić information content (AvgIpc) is 2.67. The van der Waals surface area contributed by atoms with E-state index in [1.807, 2.05) is 24.3 Å². The molecule has 1 amide bonds. The van der Waals surface area contributed by atoms with Gasteiger partial charge >= 0.3 is 0 Å². The zero-order valence-electron chi connectivity index (χ0n) is 15.9. The minimum Gasteiger partial charge on any atom is -0.336 e. The van der Waals surface area contributed by atoms with E-state index in [0.29, 0.717) is 11.9 Å². The molecule has 0 fully saturated rings. The summed E-state index contributed by atoms with van der Waals surface area (Å²) < 4.78 is 0. The van der Waals surface area contributed by atoms with Crippen LogP contribution >= 0.6 is 0 Å². The van der Waals surface area contributed by atoms with E-state index in [-0.39, 0.29) is 5.91 Å². The van der Waals surface area contributed by atoms with Gasteiger partial charge < -0.3 is 15.5 Å². The Morgan fingerprint density at radius 2 is 1.93 bits per heavy atom. The van der Waals surface area contributed by atoms with E-state index in [9.17, 15) is 4.79 Å². The fourth-order valence-corrected chi connectivity index (χ4v) is 3.36. The van der Waals surface area contributed by atoms with Gasteiger partial charge in [0.15, 0.2) is 0 Å². The summed E-state index contributed by atoms with van der Waals surface area (Å²) in [4.78, 5) is 26.6. The summed E-state index contributed by atoms with van der Waals surface area (Å²) in [5.41, 5.74) is 5.52. The topological polar surface area (TPSA) is 83.0 Å². The molecular formula is C21H22N6O. The molecule has 0 unspecified atom stereocenters. The predicted octanol–water partition coefficient (Wildman–Crippen LogP) is 3.44. The lowest BCUT2D eigenvalue weighted by atomic mass is 9.98. The third-order valence-corrected chi connectivity index (χ3v) is 4.66. The predicted molar refractivity (Wildman–Crippen MR) is 110 cm³/mol. The number of hydrogen-bond acceptors (Lipinski definition) is 6. The van der Waals surface area contributed by atoms with Crippen molar-refractivity contribution in [3.05, 3.63) is 65.5 Å². The highest BCUT2D eigenvalue weighted by molar-refractivity contribution is 5.89. The Morgan fingerprint density at radius 3 is 2.79 bits per heavy atom. The number of carbonyl (C=O) groups is 1. The van der Waals surface area contributed by atoms with Crippen LogP contribution in [0.1, 0.15) is 23.6 Å². The second kappa shape index (κ2) is 7.64. The van der Waals surface area contributed by atoms with Crippen LogP contribution in [0.2, 0.25) is 0 Å². The summed E-state index contributed by atoms with van der Waals surface area (Å²) in [6.07, 6.45) is 2.50. The SMILES string of the molecule is CC(=O)Nc1cccc(Nc2ncnc(N3CCc4cc(C)ccc4C3)n2)c1. The number of fused-ring (bicyclic) bond motifs is 1. The highest BCUT2D eigenvalue weighted by Crippen LogP contribution is 2.24. The summed E-state index contributed by atoms with van der Waals surface area (Å²) in [6, 6.07) is 14.0. The van der Waals surface area contributed by atoms with Crippen molar-refractivity contribution in [1.82, 2.24) is 15.0 Å². The molecule has 0 bridgehead atoms. The van der Waals surface area contributed by atoms with Crippen LogP contribution in [0.4, 0.5) is 23.3 Å². The monoisotopic (exact) mass is 374 g/mol. The van der Waals surface area contributed by atoms with E-state index >= 15 is 0 Å². The minimum atomic E-state index is -0.111. The van der Waals surface area contributed by atoms with Crippen molar-refractivity contribution in [2.24, 2.45) is 0 Å². The van der Waals surface area contributed by atoms with Gasteiger partial charge in [-0.2, -0.15) is 4.98 Å². The number of aromatic nitrogens is 3. The second-order valence-electron chi connectivity index (χ2n) is 6.94. The molecule has 1 aliphatic rings. The maximum atomic E-state index is 11.2. The molecule has 142 valence electrons. The van der Waals surface area contributed by atoms with Gasteiger partial charge in [-0.15, -0.1) is 0 Å². The van der Waals surface area contributed by atoms with Crippen molar-refractivity contribution in [1.29, 1.82) is 0 Å². The molecular weight excluding hydrogens is 352 g/mol. The number of nitrogens with zero attached hydrogens (tertiary/aromatic N) is 4. The van der Waals surface area contributed by atoms with Gasteiger partial charge in [0, 0.05) is 31.4 Å². The summed E-state index contributed by atoms with van der Waals surface area (Å²) >= 11 is 0. The fourth-order valence-electron chi connectivity index (χ4n) is 3.36. The zero-order valence-corrected chi connectivity index (χ0v) is 15.9. The highest BCUT2D eigenvalue weighted by atomic mass is 16.1. The number of aryl methyl sites for hydroxylation is 1. The third kappa shape index (κ3) is 4.09. The molecule has 0 atom stereocenters. The molecule has 3 aromatic rings. The van der Waals surface area contributed by atoms with Crippen LogP contribution in [-0.2, 0) is 17.8 Å². The first-order valence-electron chi connectivity index (χ1n) is 9.24. The molecule has 0 spiro atoms. The highest BCUT2D eigenvalue weighted by Gasteiger charge is 2.19. The maximum absolute atomic E-state index is 11.2. The Labute approximate surface area is 163 Å². The molecule has 4 rings (SSSR count). The Kier molecular flexibility index (Phi) is 4.89. The molecule has 2 heterocycles. The number of hydrogen-bond donors (Lipinski definition) is 2. The van der Waals surface area contributed by atoms with Gasteiger partial charge in [0.1, 0.15) is 6.33 Å². The van der Waals surface area contributed by atoms with E-state index in [1.54, 1.807) is 0 Å². The van der Waals surface area contributed by atoms with E-state index in [1.165, 1.54) is 29.9 Å². The molecule has 2 N–H and O–H groups in total. The number of amides is 1. The van der Waals surface area contributed by atoms with Crippen LogP contribution < -0.4 is 15.5 Å². The van der Waals surface area contributed by atoms with Crippen LogP contribution in [0.5, 0.6) is 0 Å². The maximum Gasteiger partial charge on any atom is 0.232 e. The lowest BCUT2D eigenvalue weighted by Crippen LogP contribution is -2.32. The molecule has 7 heteroatoms. The average molecular weight is 374 g/mol. The number of anilines is 4. The molecule has 7 nitrogen and oxygen atoms in total. The van der Waals surface area contributed by atoms with Gasteiger partial charge in [0.2, 0.25) is 17.8 Å². The molecule has 1 aliphatic heterocycles. The van der Waals surface area contributed by atoms with Crippen LogP contribution in [0, 0.1) is 6.92 Å². The second-order valence-corrected chi connectivity index (χ2v) is 6.94. The molecule has 0 aliphatic carbocycles. The van der Waals surface area contributed by atoms with E-state index in [4.69, 9.17) is 0 Å². The Hall–Kier alpha value is -3.48. The van der Waals surface area contributed by atoms with Crippen LogP contribution in [-0.4, -0.2) is 27.4 Å².